The number of nitrogens with one attached hydrogen (secondary N) is 1. The molecule has 1 saturated heterocycles. The smallest absolute Gasteiger partial charge is 0.261 e. The van der Waals surface area contributed by atoms with E-state index < -0.39 is 0 Å². The largest absolute Gasteiger partial charge is 0.441 e. The molecule has 1 fully saturated rings. The lowest BCUT2D eigenvalue weighted by Gasteiger charge is -2.33. The number of carbonyl (C=O) groups is 2. The Morgan fingerprint density at radius 2 is 2.26 bits per heavy atom. The standard InChI is InChI=1S/C20H21N3O3S/c1-13-22-16-7-6-15(10-17(16)26-13)20(25)23-8-2-4-14(12-23)11-21-19(24)18-5-3-9-27-18/h3,5-7,9-10,14H,2,4,8,11-12H2,1H3,(H,21,24). The molecule has 3 heterocycles. The van der Waals surface area contributed by atoms with E-state index in [1.165, 1.54) is 11.3 Å². The number of nitrogens with zero attached hydrogens (tertiary/aromatic N) is 2. The number of hydrogen-bond donors (Lipinski definition) is 1. The number of piperidine rings is 1. The van der Waals surface area contributed by atoms with Gasteiger partial charge in [0.15, 0.2) is 11.5 Å². The van der Waals surface area contributed by atoms with Crippen LogP contribution in [0.1, 0.15) is 38.8 Å². The number of thiophene rings is 1. The van der Waals surface area contributed by atoms with Crippen molar-refractivity contribution in [2.45, 2.75) is 19.8 Å². The van der Waals surface area contributed by atoms with Crippen molar-refractivity contribution in [3.8, 4) is 0 Å². The van der Waals surface area contributed by atoms with Gasteiger partial charge in [-0.3, -0.25) is 9.59 Å². The fourth-order valence-corrected chi connectivity index (χ4v) is 4.14. The second-order valence-electron chi connectivity index (χ2n) is 6.86. The Bertz CT molecular complexity index is 964. The van der Waals surface area contributed by atoms with Gasteiger partial charge in [0.2, 0.25) is 0 Å². The number of likely N-dealkylation sites (tertiary alicyclic amines) is 1. The van der Waals surface area contributed by atoms with E-state index in [1.54, 1.807) is 19.1 Å². The predicted molar refractivity (Wildman–Crippen MR) is 104 cm³/mol. The van der Waals surface area contributed by atoms with E-state index in [0.717, 1.165) is 29.8 Å². The fourth-order valence-electron chi connectivity index (χ4n) is 3.50. The first kappa shape index (κ1) is 17.7. The second kappa shape index (κ2) is 7.52. The molecule has 0 bridgehead atoms. The Kier molecular flexibility index (Phi) is 4.94. The lowest BCUT2D eigenvalue weighted by molar-refractivity contribution is 0.0671. The predicted octanol–water partition coefficient (Wildman–Crippen LogP) is 3.48. The maximum absolute atomic E-state index is 12.9. The highest BCUT2D eigenvalue weighted by Crippen LogP contribution is 2.21. The number of aryl methyl sites for hydroxylation is 1. The molecule has 1 aliphatic rings. The van der Waals surface area contributed by atoms with Gasteiger partial charge in [-0.1, -0.05) is 6.07 Å². The number of rotatable bonds is 4. The molecule has 0 radical (unpaired) electrons. The van der Waals surface area contributed by atoms with Crippen molar-refractivity contribution in [2.75, 3.05) is 19.6 Å². The van der Waals surface area contributed by atoms with Gasteiger partial charge in [-0.2, -0.15) is 0 Å². The van der Waals surface area contributed by atoms with Crippen molar-refractivity contribution in [1.82, 2.24) is 15.2 Å². The molecule has 27 heavy (non-hydrogen) atoms. The molecule has 140 valence electrons. The number of benzene rings is 1. The summed E-state index contributed by atoms with van der Waals surface area (Å²) in [5.41, 5.74) is 2.01. The Morgan fingerprint density at radius 3 is 3.07 bits per heavy atom. The molecular formula is C20H21N3O3S. The normalized spacial score (nSPS) is 17.2. The highest BCUT2D eigenvalue weighted by molar-refractivity contribution is 7.12. The minimum Gasteiger partial charge on any atom is -0.441 e. The van der Waals surface area contributed by atoms with Gasteiger partial charge in [0, 0.05) is 32.1 Å². The van der Waals surface area contributed by atoms with Crippen LogP contribution in [0.5, 0.6) is 0 Å². The van der Waals surface area contributed by atoms with E-state index in [2.05, 4.69) is 10.3 Å². The van der Waals surface area contributed by atoms with Crippen LogP contribution in [0.25, 0.3) is 11.1 Å². The topological polar surface area (TPSA) is 75.4 Å². The maximum Gasteiger partial charge on any atom is 0.261 e. The zero-order valence-corrected chi connectivity index (χ0v) is 15.9. The summed E-state index contributed by atoms with van der Waals surface area (Å²) >= 11 is 1.43. The average Bonchev–Trinajstić information content (AvgIpc) is 3.34. The van der Waals surface area contributed by atoms with Crippen molar-refractivity contribution < 1.29 is 14.0 Å². The monoisotopic (exact) mass is 383 g/mol. The molecule has 1 atom stereocenters. The van der Waals surface area contributed by atoms with E-state index in [1.807, 2.05) is 28.5 Å². The van der Waals surface area contributed by atoms with Gasteiger partial charge in [-0.15, -0.1) is 11.3 Å². The molecule has 0 saturated carbocycles. The first-order valence-corrected chi connectivity index (χ1v) is 9.96. The van der Waals surface area contributed by atoms with Crippen LogP contribution in [0.4, 0.5) is 0 Å². The number of aromatic nitrogens is 1. The third-order valence-electron chi connectivity index (χ3n) is 4.84. The van der Waals surface area contributed by atoms with Gasteiger partial charge in [-0.05, 0) is 48.4 Å². The summed E-state index contributed by atoms with van der Waals surface area (Å²) in [6.45, 7) is 3.76. The molecular weight excluding hydrogens is 362 g/mol. The van der Waals surface area contributed by atoms with Gasteiger partial charge in [-0.25, -0.2) is 4.98 Å². The van der Waals surface area contributed by atoms with E-state index >= 15 is 0 Å². The summed E-state index contributed by atoms with van der Waals surface area (Å²) in [6, 6.07) is 9.07. The first-order chi connectivity index (χ1) is 13.1. The van der Waals surface area contributed by atoms with Gasteiger partial charge in [0.1, 0.15) is 5.52 Å². The van der Waals surface area contributed by atoms with Crippen molar-refractivity contribution in [2.24, 2.45) is 5.92 Å². The van der Waals surface area contributed by atoms with E-state index in [9.17, 15) is 9.59 Å². The molecule has 6 nitrogen and oxygen atoms in total. The van der Waals surface area contributed by atoms with Crippen molar-refractivity contribution in [3.05, 3.63) is 52.0 Å². The lowest BCUT2D eigenvalue weighted by atomic mass is 9.97. The van der Waals surface area contributed by atoms with Crippen LogP contribution in [-0.4, -0.2) is 41.3 Å². The van der Waals surface area contributed by atoms with Gasteiger partial charge in [0.25, 0.3) is 11.8 Å². The molecule has 4 rings (SSSR count). The number of fused-ring (bicyclic) bond motifs is 1. The number of hydrogen-bond acceptors (Lipinski definition) is 5. The number of carbonyl (C=O) groups excluding carboxylic acids is 2. The zero-order valence-electron chi connectivity index (χ0n) is 15.1. The minimum atomic E-state index is -0.0420. The first-order valence-electron chi connectivity index (χ1n) is 9.08. The van der Waals surface area contributed by atoms with Crippen LogP contribution in [0.15, 0.2) is 40.1 Å². The minimum absolute atomic E-state index is 0.000219. The summed E-state index contributed by atoms with van der Waals surface area (Å²) in [7, 11) is 0. The van der Waals surface area contributed by atoms with E-state index in [4.69, 9.17) is 4.42 Å². The van der Waals surface area contributed by atoms with Crippen molar-refractivity contribution in [3.63, 3.8) is 0 Å². The van der Waals surface area contributed by atoms with Crippen molar-refractivity contribution >= 4 is 34.3 Å². The molecule has 1 unspecified atom stereocenters. The lowest BCUT2D eigenvalue weighted by Crippen LogP contribution is -2.43. The summed E-state index contributed by atoms with van der Waals surface area (Å²) in [5, 5.41) is 4.88. The molecule has 7 heteroatoms. The van der Waals surface area contributed by atoms with E-state index in [0.29, 0.717) is 30.1 Å². The maximum atomic E-state index is 12.9. The Balaban J connectivity index is 1.39. The highest BCUT2D eigenvalue weighted by Gasteiger charge is 2.25. The molecule has 0 spiro atoms. The SMILES string of the molecule is Cc1nc2ccc(C(=O)N3CCCC(CNC(=O)c4cccs4)C3)cc2o1. The van der Waals surface area contributed by atoms with Crippen molar-refractivity contribution in [1.29, 1.82) is 0 Å². The molecule has 1 aliphatic heterocycles. The van der Waals surface area contributed by atoms with Crippen LogP contribution >= 0.6 is 11.3 Å². The van der Waals surface area contributed by atoms with Gasteiger partial charge < -0.3 is 14.6 Å². The van der Waals surface area contributed by atoms with Crippen LogP contribution in [0.3, 0.4) is 0 Å². The quantitative estimate of drug-likeness (QED) is 0.748. The Hall–Kier alpha value is -2.67. The molecule has 1 aromatic carbocycles. The number of amides is 2. The molecule has 2 aromatic heterocycles. The van der Waals surface area contributed by atoms with E-state index in [-0.39, 0.29) is 17.7 Å². The zero-order chi connectivity index (χ0) is 18.8. The van der Waals surface area contributed by atoms with Crippen LogP contribution < -0.4 is 5.32 Å². The Labute approximate surface area is 161 Å². The second-order valence-corrected chi connectivity index (χ2v) is 7.81. The van der Waals surface area contributed by atoms with Gasteiger partial charge >= 0.3 is 0 Å². The summed E-state index contributed by atoms with van der Waals surface area (Å²) in [4.78, 5) is 31.9. The number of oxazole rings is 1. The molecule has 1 N–H and O–H groups in total. The third-order valence-corrected chi connectivity index (χ3v) is 5.71. The van der Waals surface area contributed by atoms with Gasteiger partial charge in [0.05, 0.1) is 4.88 Å². The molecule has 0 aliphatic carbocycles. The molecule has 2 amide bonds. The fraction of sp³-hybridized carbons (Fsp3) is 0.350. The van der Waals surface area contributed by atoms with Crippen LogP contribution in [0, 0.1) is 12.8 Å². The van der Waals surface area contributed by atoms with Crippen LogP contribution in [0.2, 0.25) is 0 Å². The Morgan fingerprint density at radius 1 is 1.37 bits per heavy atom. The summed E-state index contributed by atoms with van der Waals surface area (Å²) in [6.07, 6.45) is 1.95. The third kappa shape index (κ3) is 3.88. The van der Waals surface area contributed by atoms with Crippen LogP contribution in [-0.2, 0) is 0 Å². The molecule has 3 aromatic rings. The summed E-state index contributed by atoms with van der Waals surface area (Å²) in [5.74, 6) is 0.816. The highest BCUT2D eigenvalue weighted by atomic mass is 32.1. The summed E-state index contributed by atoms with van der Waals surface area (Å²) < 4.78 is 5.54. The average molecular weight is 383 g/mol.